The summed E-state index contributed by atoms with van der Waals surface area (Å²) in [6.07, 6.45) is 2.48. The Morgan fingerprint density at radius 2 is 1.81 bits per heavy atom. The van der Waals surface area contributed by atoms with Crippen LogP contribution in [0.1, 0.15) is 26.3 Å². The summed E-state index contributed by atoms with van der Waals surface area (Å²) in [5.41, 5.74) is 1.03. The zero-order valence-electron chi connectivity index (χ0n) is 16.7. The fourth-order valence-corrected chi connectivity index (χ4v) is 3.76. The molecule has 0 amide bonds. The van der Waals surface area contributed by atoms with Gasteiger partial charge in [-0.2, -0.15) is 0 Å². The van der Waals surface area contributed by atoms with E-state index in [1.807, 2.05) is 30.3 Å². The summed E-state index contributed by atoms with van der Waals surface area (Å²) in [7, 11) is -0.337. The summed E-state index contributed by atoms with van der Waals surface area (Å²) in [6.45, 7) is 11.3. The Bertz CT molecular complexity index is 591. The van der Waals surface area contributed by atoms with E-state index in [1.165, 1.54) is 0 Å². The van der Waals surface area contributed by atoms with Crippen LogP contribution in [0.15, 0.2) is 36.6 Å². The highest BCUT2D eigenvalue weighted by atomic mass is 28.4. The van der Waals surface area contributed by atoms with Gasteiger partial charge in [-0.3, -0.25) is 0 Å². The Kier molecular flexibility index (Phi) is 6.90. The molecule has 6 heteroatoms. The Morgan fingerprint density at radius 3 is 2.35 bits per heavy atom. The van der Waals surface area contributed by atoms with Crippen molar-refractivity contribution in [3.8, 4) is 5.75 Å². The average molecular weight is 381 g/mol. The van der Waals surface area contributed by atoms with E-state index in [1.54, 1.807) is 13.4 Å². The van der Waals surface area contributed by atoms with E-state index in [0.29, 0.717) is 6.61 Å². The van der Waals surface area contributed by atoms with Crippen molar-refractivity contribution in [2.24, 2.45) is 0 Å². The van der Waals surface area contributed by atoms with Gasteiger partial charge in [-0.1, -0.05) is 32.9 Å². The van der Waals surface area contributed by atoms with E-state index in [2.05, 4.69) is 33.9 Å². The second-order valence-electron chi connectivity index (χ2n) is 8.15. The Balaban J connectivity index is 2.10. The van der Waals surface area contributed by atoms with Crippen LogP contribution in [0, 0.1) is 0 Å². The van der Waals surface area contributed by atoms with Gasteiger partial charge in [0.25, 0.3) is 0 Å². The van der Waals surface area contributed by atoms with Crippen LogP contribution < -0.4 is 4.74 Å². The van der Waals surface area contributed by atoms with Crippen LogP contribution in [0.4, 0.5) is 0 Å². The number of rotatable bonds is 7. The van der Waals surface area contributed by atoms with Crippen molar-refractivity contribution in [3.63, 3.8) is 0 Å². The molecule has 0 bridgehead atoms. The molecule has 0 saturated carbocycles. The van der Waals surface area contributed by atoms with Gasteiger partial charge in [0.15, 0.2) is 8.32 Å². The highest BCUT2D eigenvalue weighted by Gasteiger charge is 2.43. The first-order chi connectivity index (χ1) is 12.2. The van der Waals surface area contributed by atoms with Crippen molar-refractivity contribution < 1.29 is 23.7 Å². The number of hydrogen-bond donors (Lipinski definition) is 1. The van der Waals surface area contributed by atoms with Crippen molar-refractivity contribution in [3.05, 3.63) is 42.2 Å². The predicted molar refractivity (Wildman–Crippen MR) is 105 cm³/mol. The topological polar surface area (TPSA) is 57.2 Å². The molecule has 146 valence electrons. The second kappa shape index (κ2) is 8.56. The molecule has 1 aliphatic heterocycles. The fourth-order valence-electron chi connectivity index (χ4n) is 2.51. The van der Waals surface area contributed by atoms with E-state index >= 15 is 0 Å². The normalized spacial score (nSPS) is 23.6. The lowest BCUT2D eigenvalue weighted by atomic mass is 10.1. The third-order valence-corrected chi connectivity index (χ3v) is 9.70. The molecule has 0 aliphatic carbocycles. The van der Waals surface area contributed by atoms with Crippen LogP contribution in [0.2, 0.25) is 18.1 Å². The van der Waals surface area contributed by atoms with Gasteiger partial charge in [-0.05, 0) is 41.9 Å². The first-order valence-corrected chi connectivity index (χ1v) is 11.9. The zero-order valence-corrected chi connectivity index (χ0v) is 17.7. The number of aliphatic hydroxyl groups excluding tert-OH is 1. The van der Waals surface area contributed by atoms with E-state index in [4.69, 9.17) is 18.6 Å². The maximum absolute atomic E-state index is 9.70. The van der Waals surface area contributed by atoms with Gasteiger partial charge in [-0.25, -0.2) is 0 Å². The molecule has 1 aliphatic rings. The van der Waals surface area contributed by atoms with Crippen molar-refractivity contribution >= 4 is 8.32 Å². The molecule has 0 saturated heterocycles. The molecular weight excluding hydrogens is 348 g/mol. The Hall–Kier alpha value is -1.34. The third-order valence-electron chi connectivity index (χ3n) is 5.23. The summed E-state index contributed by atoms with van der Waals surface area (Å²) in [5, 5.41) is 9.79. The first kappa shape index (κ1) is 21.0. The van der Waals surface area contributed by atoms with Gasteiger partial charge in [-0.15, -0.1) is 0 Å². The highest BCUT2D eigenvalue weighted by Crippen LogP contribution is 2.38. The van der Waals surface area contributed by atoms with Gasteiger partial charge >= 0.3 is 0 Å². The molecule has 1 aromatic carbocycles. The lowest BCUT2D eigenvalue weighted by Gasteiger charge is -2.42. The fraction of sp³-hybridized carbons (Fsp3) is 0.600. The minimum Gasteiger partial charge on any atom is -0.497 e. The number of methoxy groups -OCH3 is 1. The van der Waals surface area contributed by atoms with Gasteiger partial charge in [0.05, 0.1) is 32.7 Å². The van der Waals surface area contributed by atoms with E-state index in [9.17, 15) is 5.11 Å². The van der Waals surface area contributed by atoms with Gasteiger partial charge < -0.3 is 23.7 Å². The quantitative estimate of drug-likeness (QED) is 0.728. The standard InChI is InChI=1S/C20H32O5Si/c1-20(2,3)26(5,6)25-17-11-12-23-18(13-21)19(17)24-14-15-7-9-16(22-4)10-8-15/h7-12,17-19,21H,13-14H2,1-6H3/t17-,18-,19+/m1/s1. The van der Waals surface area contributed by atoms with Crippen molar-refractivity contribution in [1.82, 2.24) is 0 Å². The Labute approximate surface area is 158 Å². The number of benzene rings is 1. The molecule has 3 atom stereocenters. The predicted octanol–water partition coefficient (Wildman–Crippen LogP) is 3.88. The Morgan fingerprint density at radius 1 is 1.15 bits per heavy atom. The number of hydrogen-bond acceptors (Lipinski definition) is 5. The largest absolute Gasteiger partial charge is 0.497 e. The molecule has 26 heavy (non-hydrogen) atoms. The molecule has 1 aromatic rings. The maximum atomic E-state index is 9.70. The van der Waals surface area contributed by atoms with Crippen LogP contribution in [-0.2, 0) is 20.5 Å². The minimum absolute atomic E-state index is 0.0917. The van der Waals surface area contributed by atoms with Crippen LogP contribution in [0.25, 0.3) is 0 Å². The molecule has 0 unspecified atom stereocenters. The maximum Gasteiger partial charge on any atom is 0.193 e. The summed E-state index contributed by atoms with van der Waals surface area (Å²) < 4.78 is 23.4. The number of aliphatic hydroxyl groups is 1. The first-order valence-electron chi connectivity index (χ1n) is 9.03. The van der Waals surface area contributed by atoms with Crippen molar-refractivity contribution in [2.45, 2.75) is 63.8 Å². The summed E-state index contributed by atoms with van der Waals surface area (Å²) >= 11 is 0. The minimum atomic E-state index is -1.98. The summed E-state index contributed by atoms with van der Waals surface area (Å²) in [4.78, 5) is 0. The van der Waals surface area contributed by atoms with E-state index in [0.717, 1.165) is 11.3 Å². The molecule has 0 radical (unpaired) electrons. The highest BCUT2D eigenvalue weighted by molar-refractivity contribution is 6.74. The zero-order chi connectivity index (χ0) is 19.4. The van der Waals surface area contributed by atoms with Crippen LogP contribution in [-0.4, -0.2) is 45.5 Å². The van der Waals surface area contributed by atoms with E-state index in [-0.39, 0.29) is 23.9 Å². The molecule has 0 fully saturated rings. The van der Waals surface area contributed by atoms with Crippen LogP contribution in [0.5, 0.6) is 5.75 Å². The summed E-state index contributed by atoms with van der Waals surface area (Å²) in [6, 6.07) is 7.75. The third kappa shape index (κ3) is 5.10. The van der Waals surface area contributed by atoms with Crippen molar-refractivity contribution in [2.75, 3.05) is 13.7 Å². The SMILES string of the molecule is COc1ccc(CO[C@H]2[C@H](O[Si](C)(C)C(C)(C)C)C=CO[C@@H]2CO)cc1. The lowest BCUT2D eigenvalue weighted by molar-refractivity contribution is -0.117. The molecule has 0 aromatic heterocycles. The van der Waals surface area contributed by atoms with Gasteiger partial charge in [0.1, 0.15) is 18.0 Å². The average Bonchev–Trinajstić information content (AvgIpc) is 2.59. The molecule has 1 heterocycles. The molecule has 2 rings (SSSR count). The van der Waals surface area contributed by atoms with Gasteiger partial charge in [0.2, 0.25) is 0 Å². The summed E-state index contributed by atoms with van der Waals surface area (Å²) in [5.74, 6) is 0.810. The van der Waals surface area contributed by atoms with Gasteiger partial charge in [0, 0.05) is 0 Å². The van der Waals surface area contributed by atoms with Crippen LogP contribution in [0.3, 0.4) is 0 Å². The van der Waals surface area contributed by atoms with E-state index < -0.39 is 14.4 Å². The molecule has 1 N–H and O–H groups in total. The molecule has 0 spiro atoms. The lowest BCUT2D eigenvalue weighted by Crippen LogP contribution is -2.52. The van der Waals surface area contributed by atoms with Crippen LogP contribution >= 0.6 is 0 Å². The monoisotopic (exact) mass is 380 g/mol. The van der Waals surface area contributed by atoms with Crippen molar-refractivity contribution in [1.29, 1.82) is 0 Å². The molecular formula is C20H32O5Si. The molecule has 5 nitrogen and oxygen atoms in total. The second-order valence-corrected chi connectivity index (χ2v) is 12.9. The smallest absolute Gasteiger partial charge is 0.193 e. The number of ether oxygens (including phenoxy) is 3.